The van der Waals surface area contributed by atoms with Crippen LogP contribution >= 0.6 is 33.9 Å². The summed E-state index contributed by atoms with van der Waals surface area (Å²) in [5, 5.41) is 11.1. The molecule has 2 N–H and O–H groups in total. The second-order valence-corrected chi connectivity index (χ2v) is 8.35. The number of thiophene rings is 1. The number of fused-ring (bicyclic) bond motifs is 1. The van der Waals surface area contributed by atoms with Gasteiger partial charge in [-0.25, -0.2) is 9.87 Å². The summed E-state index contributed by atoms with van der Waals surface area (Å²) in [6, 6.07) is 4.83. The lowest BCUT2D eigenvalue weighted by Gasteiger charge is -2.16. The van der Waals surface area contributed by atoms with Gasteiger partial charge in [-0.1, -0.05) is 6.07 Å². The van der Waals surface area contributed by atoms with Crippen LogP contribution in [0.2, 0.25) is 0 Å². The van der Waals surface area contributed by atoms with Gasteiger partial charge in [0.2, 0.25) is 0 Å². The van der Waals surface area contributed by atoms with E-state index in [1.165, 1.54) is 22.0 Å². The summed E-state index contributed by atoms with van der Waals surface area (Å²) >= 11 is 3.31. The van der Waals surface area contributed by atoms with Crippen LogP contribution in [0.4, 0.5) is 4.39 Å². The highest BCUT2D eigenvalue weighted by molar-refractivity contribution is 14.1. The van der Waals surface area contributed by atoms with E-state index in [0.717, 1.165) is 9.13 Å². The standard InChI is InChI=1S/C19H18FIN2O4S/c1-10-9-28-17-15(10)19(26)23(2)14(16(17)18(25)22-27-6-5-24)7-11-3-4-12(21)8-13(11)20/h3-4,8-9,24H,5-7H2,1-2H3,(H,22,25). The number of aliphatic hydroxyl groups is 1. The zero-order chi connectivity index (χ0) is 20.4. The maximum absolute atomic E-state index is 14.4. The van der Waals surface area contributed by atoms with Gasteiger partial charge in [0, 0.05) is 22.7 Å². The molecule has 0 spiro atoms. The van der Waals surface area contributed by atoms with E-state index in [-0.39, 0.29) is 30.8 Å². The van der Waals surface area contributed by atoms with E-state index in [4.69, 9.17) is 9.94 Å². The second-order valence-electron chi connectivity index (χ2n) is 6.22. The van der Waals surface area contributed by atoms with Crippen molar-refractivity contribution < 1.29 is 19.1 Å². The van der Waals surface area contributed by atoms with Crippen molar-refractivity contribution in [2.24, 2.45) is 7.05 Å². The van der Waals surface area contributed by atoms with E-state index < -0.39 is 11.7 Å². The second kappa shape index (κ2) is 8.68. The van der Waals surface area contributed by atoms with Crippen molar-refractivity contribution in [2.75, 3.05) is 13.2 Å². The molecule has 1 aromatic carbocycles. The third kappa shape index (κ3) is 3.97. The van der Waals surface area contributed by atoms with Gasteiger partial charge in [-0.3, -0.25) is 14.4 Å². The van der Waals surface area contributed by atoms with Gasteiger partial charge in [-0.05, 0) is 58.2 Å². The van der Waals surface area contributed by atoms with Gasteiger partial charge in [0.1, 0.15) is 5.82 Å². The molecule has 28 heavy (non-hydrogen) atoms. The zero-order valence-electron chi connectivity index (χ0n) is 15.2. The SMILES string of the molecule is Cc1csc2c(C(=O)NOCCO)c(Cc3ccc(I)cc3F)n(C)c(=O)c12. The van der Waals surface area contributed by atoms with Crippen molar-refractivity contribution in [2.45, 2.75) is 13.3 Å². The van der Waals surface area contributed by atoms with Crippen LogP contribution in [0, 0.1) is 16.3 Å². The Labute approximate surface area is 178 Å². The number of hydroxylamine groups is 1. The van der Waals surface area contributed by atoms with E-state index >= 15 is 0 Å². The fourth-order valence-electron chi connectivity index (χ4n) is 2.98. The molecule has 1 amide bonds. The summed E-state index contributed by atoms with van der Waals surface area (Å²) in [7, 11) is 1.57. The molecular weight excluding hydrogens is 498 g/mol. The zero-order valence-corrected chi connectivity index (χ0v) is 18.2. The summed E-state index contributed by atoms with van der Waals surface area (Å²) < 4.78 is 17.1. The first-order valence-corrected chi connectivity index (χ1v) is 10.4. The molecule has 3 rings (SSSR count). The summed E-state index contributed by atoms with van der Waals surface area (Å²) in [6.45, 7) is 1.50. The minimum absolute atomic E-state index is 0.0643. The van der Waals surface area contributed by atoms with Crippen molar-refractivity contribution >= 4 is 49.9 Å². The lowest BCUT2D eigenvalue weighted by Crippen LogP contribution is -2.31. The number of aryl methyl sites for hydroxylation is 1. The molecular formula is C19H18FIN2O4S. The molecule has 0 saturated heterocycles. The topological polar surface area (TPSA) is 80.6 Å². The number of carbonyl (C=O) groups is 1. The number of aliphatic hydroxyl groups excluding tert-OH is 1. The fraction of sp³-hybridized carbons (Fsp3) is 0.263. The minimum atomic E-state index is -0.545. The Morgan fingerprint density at radius 3 is 2.86 bits per heavy atom. The highest BCUT2D eigenvalue weighted by atomic mass is 127. The van der Waals surface area contributed by atoms with Gasteiger partial charge < -0.3 is 9.67 Å². The summed E-state index contributed by atoms with van der Waals surface area (Å²) in [6.07, 6.45) is 0.0735. The minimum Gasteiger partial charge on any atom is -0.394 e. The molecule has 9 heteroatoms. The third-order valence-electron chi connectivity index (χ3n) is 4.37. The first kappa shape index (κ1) is 20.9. The van der Waals surface area contributed by atoms with Gasteiger partial charge >= 0.3 is 0 Å². The molecule has 0 radical (unpaired) electrons. The fourth-order valence-corrected chi connectivity index (χ4v) is 4.54. The van der Waals surface area contributed by atoms with Crippen LogP contribution in [0.3, 0.4) is 0 Å². The Bertz CT molecular complexity index is 1110. The Kier molecular flexibility index (Phi) is 6.48. The largest absolute Gasteiger partial charge is 0.394 e. The van der Waals surface area contributed by atoms with Crippen LogP contribution in [-0.2, 0) is 18.3 Å². The van der Waals surface area contributed by atoms with Gasteiger partial charge in [0.15, 0.2) is 0 Å². The molecule has 0 atom stereocenters. The average molecular weight is 516 g/mol. The lowest BCUT2D eigenvalue weighted by molar-refractivity contribution is 0.0168. The highest BCUT2D eigenvalue weighted by Gasteiger charge is 2.24. The summed E-state index contributed by atoms with van der Waals surface area (Å²) in [5.74, 6) is -0.943. The number of nitrogens with zero attached hydrogens (tertiary/aromatic N) is 1. The van der Waals surface area contributed by atoms with Crippen LogP contribution in [0.5, 0.6) is 0 Å². The normalized spacial score (nSPS) is 11.2. The smallest absolute Gasteiger partial charge is 0.278 e. The molecule has 0 unspecified atom stereocenters. The number of carbonyl (C=O) groups excluding carboxylic acids is 1. The summed E-state index contributed by atoms with van der Waals surface area (Å²) in [5.41, 5.74) is 3.88. The first-order chi connectivity index (χ1) is 13.3. The quantitative estimate of drug-likeness (QED) is 0.300. The van der Waals surface area contributed by atoms with E-state index in [0.29, 0.717) is 21.3 Å². The number of aromatic nitrogens is 1. The number of benzene rings is 1. The number of amides is 1. The first-order valence-electron chi connectivity index (χ1n) is 8.41. The summed E-state index contributed by atoms with van der Waals surface area (Å²) in [4.78, 5) is 30.7. The van der Waals surface area contributed by atoms with Crippen molar-refractivity contribution in [3.05, 3.63) is 65.7 Å². The van der Waals surface area contributed by atoms with Crippen molar-refractivity contribution in [3.8, 4) is 0 Å². The monoisotopic (exact) mass is 516 g/mol. The van der Waals surface area contributed by atoms with E-state index in [1.807, 2.05) is 34.9 Å². The van der Waals surface area contributed by atoms with Crippen molar-refractivity contribution in [3.63, 3.8) is 0 Å². The van der Waals surface area contributed by atoms with Gasteiger partial charge in [-0.15, -0.1) is 11.3 Å². The molecule has 0 aliphatic heterocycles. The Balaban J connectivity index is 2.19. The Morgan fingerprint density at radius 1 is 1.43 bits per heavy atom. The molecule has 0 saturated carbocycles. The van der Waals surface area contributed by atoms with Gasteiger partial charge in [-0.2, -0.15) is 0 Å². The van der Waals surface area contributed by atoms with Crippen molar-refractivity contribution in [1.29, 1.82) is 0 Å². The molecule has 148 valence electrons. The van der Waals surface area contributed by atoms with Crippen LogP contribution in [0.1, 0.15) is 27.2 Å². The molecule has 0 fully saturated rings. The Hall–Kier alpha value is -1.82. The van der Waals surface area contributed by atoms with Crippen LogP contribution < -0.4 is 11.0 Å². The number of nitrogens with one attached hydrogen (secondary N) is 1. The van der Waals surface area contributed by atoms with Gasteiger partial charge in [0.25, 0.3) is 11.5 Å². The molecule has 3 aromatic rings. The van der Waals surface area contributed by atoms with E-state index in [9.17, 15) is 14.0 Å². The number of hydrogen-bond acceptors (Lipinski definition) is 5. The maximum atomic E-state index is 14.4. The number of halogens is 2. The van der Waals surface area contributed by atoms with Crippen LogP contribution in [-0.4, -0.2) is 28.8 Å². The van der Waals surface area contributed by atoms with Gasteiger partial charge in [0.05, 0.1) is 28.9 Å². The van der Waals surface area contributed by atoms with Crippen LogP contribution in [0.15, 0.2) is 28.4 Å². The molecule has 2 heterocycles. The van der Waals surface area contributed by atoms with Crippen LogP contribution in [0.25, 0.3) is 10.1 Å². The highest BCUT2D eigenvalue weighted by Crippen LogP contribution is 2.30. The van der Waals surface area contributed by atoms with E-state index in [1.54, 1.807) is 19.2 Å². The molecule has 2 aromatic heterocycles. The molecule has 0 aliphatic rings. The number of pyridine rings is 1. The Morgan fingerprint density at radius 2 is 2.18 bits per heavy atom. The molecule has 6 nitrogen and oxygen atoms in total. The number of hydrogen-bond donors (Lipinski definition) is 2. The third-order valence-corrected chi connectivity index (χ3v) is 6.16. The predicted octanol–water partition coefficient (Wildman–Crippen LogP) is 2.90. The van der Waals surface area contributed by atoms with Crippen molar-refractivity contribution in [1.82, 2.24) is 10.0 Å². The van der Waals surface area contributed by atoms with E-state index in [2.05, 4.69) is 5.48 Å². The molecule has 0 bridgehead atoms. The molecule has 0 aliphatic carbocycles. The lowest BCUT2D eigenvalue weighted by atomic mass is 10.0. The predicted molar refractivity (Wildman–Crippen MR) is 114 cm³/mol. The number of rotatable bonds is 6. The average Bonchev–Trinajstić information content (AvgIpc) is 3.03. The maximum Gasteiger partial charge on any atom is 0.278 e.